The summed E-state index contributed by atoms with van der Waals surface area (Å²) in [6.07, 6.45) is 4.33. The van der Waals surface area contributed by atoms with Gasteiger partial charge in [0.1, 0.15) is 0 Å². The number of aryl methyl sites for hydroxylation is 2. The molecule has 0 aliphatic rings. The van der Waals surface area contributed by atoms with Crippen molar-refractivity contribution < 1.29 is 0 Å². The highest BCUT2D eigenvalue weighted by molar-refractivity contribution is 5.71. The summed E-state index contributed by atoms with van der Waals surface area (Å²) in [6, 6.07) is 16.9. The fraction of sp³-hybridized carbons (Fsp3) is 0.125. The van der Waals surface area contributed by atoms with E-state index in [1.54, 1.807) is 0 Å². The highest BCUT2D eigenvalue weighted by atomic mass is 14.0. The first kappa shape index (κ1) is 10.7. The zero-order chi connectivity index (χ0) is 11.4. The van der Waals surface area contributed by atoms with Crippen molar-refractivity contribution in [3.63, 3.8) is 0 Å². The third-order valence-corrected chi connectivity index (χ3v) is 2.69. The standard InChI is InChI=1S/C16H16/c1-13-8-9-14(2)16(12-13)11-10-15-6-4-3-5-7-15/h3-12H,1-2H3/b11-10-. The van der Waals surface area contributed by atoms with Crippen molar-refractivity contribution in [3.8, 4) is 0 Å². The lowest BCUT2D eigenvalue weighted by Crippen LogP contribution is -1.81. The van der Waals surface area contributed by atoms with Gasteiger partial charge < -0.3 is 0 Å². The van der Waals surface area contributed by atoms with Gasteiger partial charge in [0.05, 0.1) is 0 Å². The lowest BCUT2D eigenvalue weighted by atomic mass is 10.0. The molecule has 2 aromatic rings. The largest absolute Gasteiger partial charge is 0.0622 e. The van der Waals surface area contributed by atoms with Gasteiger partial charge in [0.25, 0.3) is 0 Å². The second-order valence-electron chi connectivity index (χ2n) is 4.10. The fourth-order valence-electron chi connectivity index (χ4n) is 1.69. The van der Waals surface area contributed by atoms with Crippen molar-refractivity contribution in [1.29, 1.82) is 0 Å². The van der Waals surface area contributed by atoms with E-state index in [1.807, 2.05) is 6.07 Å². The molecule has 0 unspecified atom stereocenters. The Balaban J connectivity index is 2.27. The lowest BCUT2D eigenvalue weighted by molar-refractivity contribution is 1.38. The number of hydrogen-bond acceptors (Lipinski definition) is 0. The Morgan fingerprint density at radius 2 is 1.56 bits per heavy atom. The molecular formula is C16H16. The summed E-state index contributed by atoms with van der Waals surface area (Å²) in [5.74, 6) is 0. The van der Waals surface area contributed by atoms with Crippen LogP contribution in [-0.2, 0) is 0 Å². The highest BCUT2D eigenvalue weighted by Crippen LogP contribution is 2.14. The molecule has 0 fully saturated rings. The average molecular weight is 208 g/mol. The molecule has 0 heterocycles. The normalized spacial score (nSPS) is 10.9. The monoisotopic (exact) mass is 208 g/mol. The molecule has 2 aromatic carbocycles. The summed E-state index contributed by atoms with van der Waals surface area (Å²) in [4.78, 5) is 0. The molecule has 2 rings (SSSR count). The predicted molar refractivity (Wildman–Crippen MR) is 71.3 cm³/mol. The Morgan fingerprint density at radius 3 is 2.31 bits per heavy atom. The molecule has 0 aliphatic carbocycles. The van der Waals surface area contributed by atoms with Crippen molar-refractivity contribution in [2.24, 2.45) is 0 Å². The van der Waals surface area contributed by atoms with Gasteiger partial charge in [-0.3, -0.25) is 0 Å². The molecule has 0 saturated heterocycles. The van der Waals surface area contributed by atoms with Crippen molar-refractivity contribution in [3.05, 3.63) is 70.8 Å². The van der Waals surface area contributed by atoms with Gasteiger partial charge in [0.2, 0.25) is 0 Å². The van der Waals surface area contributed by atoms with Crippen molar-refractivity contribution >= 4 is 12.2 Å². The Morgan fingerprint density at radius 1 is 0.812 bits per heavy atom. The molecule has 0 bridgehead atoms. The average Bonchev–Trinajstić information content (AvgIpc) is 2.32. The summed E-state index contributed by atoms with van der Waals surface area (Å²) in [7, 11) is 0. The van der Waals surface area contributed by atoms with Crippen LogP contribution in [0.5, 0.6) is 0 Å². The third kappa shape index (κ3) is 2.60. The topological polar surface area (TPSA) is 0 Å². The summed E-state index contributed by atoms with van der Waals surface area (Å²) in [6.45, 7) is 4.27. The minimum absolute atomic E-state index is 1.24. The van der Waals surface area contributed by atoms with Crippen LogP contribution in [0.1, 0.15) is 22.3 Å². The van der Waals surface area contributed by atoms with Crippen LogP contribution in [0.15, 0.2) is 48.5 Å². The quantitative estimate of drug-likeness (QED) is 0.638. The molecule has 16 heavy (non-hydrogen) atoms. The second kappa shape index (κ2) is 4.80. The molecule has 80 valence electrons. The highest BCUT2D eigenvalue weighted by Gasteiger charge is 1.94. The molecule has 0 atom stereocenters. The van der Waals surface area contributed by atoms with E-state index >= 15 is 0 Å². The smallest absolute Gasteiger partial charge is 0.0225 e. The Kier molecular flexibility index (Phi) is 3.21. The summed E-state index contributed by atoms with van der Waals surface area (Å²) in [5, 5.41) is 0. The predicted octanol–water partition coefficient (Wildman–Crippen LogP) is 4.47. The van der Waals surface area contributed by atoms with Crippen LogP contribution in [0.4, 0.5) is 0 Å². The van der Waals surface area contributed by atoms with Gasteiger partial charge in [0.15, 0.2) is 0 Å². The van der Waals surface area contributed by atoms with Crippen molar-refractivity contribution in [1.82, 2.24) is 0 Å². The van der Waals surface area contributed by atoms with Gasteiger partial charge in [-0.1, -0.05) is 66.2 Å². The van der Waals surface area contributed by atoms with Crippen molar-refractivity contribution in [2.75, 3.05) is 0 Å². The van der Waals surface area contributed by atoms with Crippen LogP contribution in [0.2, 0.25) is 0 Å². The number of hydrogen-bond donors (Lipinski definition) is 0. The van der Waals surface area contributed by atoms with Crippen molar-refractivity contribution in [2.45, 2.75) is 13.8 Å². The van der Waals surface area contributed by atoms with Gasteiger partial charge in [0, 0.05) is 0 Å². The first-order valence-electron chi connectivity index (χ1n) is 5.56. The van der Waals surface area contributed by atoms with Gasteiger partial charge in [-0.05, 0) is 30.5 Å². The summed E-state index contributed by atoms with van der Waals surface area (Å²) < 4.78 is 0. The summed E-state index contributed by atoms with van der Waals surface area (Å²) in [5.41, 5.74) is 5.16. The van der Waals surface area contributed by atoms with Crippen LogP contribution >= 0.6 is 0 Å². The zero-order valence-corrected chi connectivity index (χ0v) is 9.77. The fourth-order valence-corrected chi connectivity index (χ4v) is 1.69. The van der Waals surface area contributed by atoms with Crippen LogP contribution in [-0.4, -0.2) is 0 Å². The number of rotatable bonds is 2. The van der Waals surface area contributed by atoms with E-state index in [1.165, 1.54) is 22.3 Å². The maximum atomic E-state index is 2.22. The molecule has 0 aromatic heterocycles. The molecular weight excluding hydrogens is 192 g/mol. The van der Waals surface area contributed by atoms with Gasteiger partial charge in [-0.15, -0.1) is 0 Å². The molecule has 0 radical (unpaired) electrons. The van der Waals surface area contributed by atoms with E-state index in [2.05, 4.69) is 68.5 Å². The lowest BCUT2D eigenvalue weighted by Gasteiger charge is -2.01. The van der Waals surface area contributed by atoms with Gasteiger partial charge in [-0.2, -0.15) is 0 Å². The first-order chi connectivity index (χ1) is 7.75. The Bertz CT molecular complexity index is 493. The Labute approximate surface area is 97.3 Å². The van der Waals surface area contributed by atoms with E-state index in [9.17, 15) is 0 Å². The van der Waals surface area contributed by atoms with Gasteiger partial charge >= 0.3 is 0 Å². The first-order valence-corrected chi connectivity index (χ1v) is 5.56. The molecule has 0 saturated carbocycles. The minimum atomic E-state index is 1.24. The molecule has 0 amide bonds. The van der Waals surface area contributed by atoms with E-state index in [-0.39, 0.29) is 0 Å². The van der Waals surface area contributed by atoms with E-state index < -0.39 is 0 Å². The maximum absolute atomic E-state index is 2.22. The van der Waals surface area contributed by atoms with Crippen LogP contribution in [0.3, 0.4) is 0 Å². The van der Waals surface area contributed by atoms with E-state index in [4.69, 9.17) is 0 Å². The number of benzene rings is 2. The maximum Gasteiger partial charge on any atom is -0.0225 e. The molecule has 0 nitrogen and oxygen atoms in total. The molecule has 0 heteroatoms. The van der Waals surface area contributed by atoms with Crippen LogP contribution in [0.25, 0.3) is 12.2 Å². The summed E-state index contributed by atoms with van der Waals surface area (Å²) >= 11 is 0. The molecule has 0 aliphatic heterocycles. The SMILES string of the molecule is Cc1ccc(C)c(/C=C\c2ccccc2)c1. The van der Waals surface area contributed by atoms with Crippen LogP contribution < -0.4 is 0 Å². The Hall–Kier alpha value is -1.82. The van der Waals surface area contributed by atoms with E-state index in [0.717, 1.165) is 0 Å². The molecule has 0 spiro atoms. The zero-order valence-electron chi connectivity index (χ0n) is 9.77. The second-order valence-corrected chi connectivity index (χ2v) is 4.10. The minimum Gasteiger partial charge on any atom is -0.0622 e. The van der Waals surface area contributed by atoms with Crippen LogP contribution in [0, 0.1) is 13.8 Å². The molecule has 0 N–H and O–H groups in total. The van der Waals surface area contributed by atoms with E-state index in [0.29, 0.717) is 0 Å². The third-order valence-electron chi connectivity index (χ3n) is 2.69. The van der Waals surface area contributed by atoms with Gasteiger partial charge in [-0.25, -0.2) is 0 Å².